The molecule has 0 fully saturated rings. The number of carbonyl (C=O) groups excluding carboxylic acids is 1. The minimum atomic E-state index is -0.826. The number of benzene rings is 3. The molecule has 2 N–H and O–H groups in total. The second kappa shape index (κ2) is 11.8. The molecule has 1 aliphatic heterocycles. The van der Waals surface area contributed by atoms with E-state index in [0.717, 1.165) is 0 Å². The lowest BCUT2D eigenvalue weighted by Gasteiger charge is -2.26. The van der Waals surface area contributed by atoms with Crippen molar-refractivity contribution in [1.29, 1.82) is 0 Å². The first-order chi connectivity index (χ1) is 19.7. The Morgan fingerprint density at radius 2 is 1.78 bits per heavy atom. The van der Waals surface area contributed by atoms with Crippen LogP contribution in [-0.4, -0.2) is 36.9 Å². The number of allylic oxidation sites excluding steroid dienone is 1. The van der Waals surface area contributed by atoms with Gasteiger partial charge in [0.15, 0.2) is 16.3 Å². The zero-order valence-corrected chi connectivity index (χ0v) is 25.6. The zero-order chi connectivity index (χ0) is 29.3. The maximum Gasteiger partial charge on any atom is 0.271 e. The number of phenolic OH excluding ortho intramolecular Hbond substituents is 1. The summed E-state index contributed by atoms with van der Waals surface area (Å²) in [6.45, 7) is 1.76. The molecule has 0 radical (unpaired) electrons. The SMILES string of the molecule is COc1ccc([C@H]2C(C(=O)Nc3ccccc3)=C(C)N=c3s/c(=C\c4cc(I)c(O)c(OC)c4)c(=O)n32)c(OC)c1. The summed E-state index contributed by atoms with van der Waals surface area (Å²) in [5.74, 6) is 0.981. The van der Waals surface area contributed by atoms with Crippen LogP contribution in [0, 0.1) is 3.57 Å². The summed E-state index contributed by atoms with van der Waals surface area (Å²) in [4.78, 5) is 33.0. The normalized spacial score (nSPS) is 14.8. The number of aromatic hydroxyl groups is 1. The number of rotatable bonds is 7. The number of thiazole rings is 1. The lowest BCUT2D eigenvalue weighted by atomic mass is 9.94. The number of methoxy groups -OCH3 is 3. The van der Waals surface area contributed by atoms with Gasteiger partial charge in [-0.25, -0.2) is 4.99 Å². The molecule has 0 unspecified atom stereocenters. The first-order valence-corrected chi connectivity index (χ1v) is 14.3. The number of hydrogen-bond acceptors (Lipinski definition) is 8. The molecule has 0 bridgehead atoms. The number of phenols is 1. The smallest absolute Gasteiger partial charge is 0.271 e. The number of para-hydroxylation sites is 1. The number of nitrogens with one attached hydrogen (secondary N) is 1. The predicted octanol–water partition coefficient (Wildman–Crippen LogP) is 4.21. The van der Waals surface area contributed by atoms with Gasteiger partial charge < -0.3 is 24.6 Å². The molecule has 1 atom stereocenters. The van der Waals surface area contributed by atoms with E-state index in [1.807, 2.05) is 40.8 Å². The molecule has 11 heteroatoms. The van der Waals surface area contributed by atoms with E-state index in [9.17, 15) is 14.7 Å². The summed E-state index contributed by atoms with van der Waals surface area (Å²) in [7, 11) is 4.55. The fourth-order valence-electron chi connectivity index (χ4n) is 4.65. The van der Waals surface area contributed by atoms with E-state index in [-0.39, 0.29) is 17.2 Å². The van der Waals surface area contributed by atoms with Crippen LogP contribution in [0.3, 0.4) is 0 Å². The van der Waals surface area contributed by atoms with Crippen LogP contribution in [0.2, 0.25) is 0 Å². The van der Waals surface area contributed by atoms with Crippen molar-refractivity contribution < 1.29 is 24.1 Å². The molecule has 5 rings (SSSR count). The highest BCUT2D eigenvalue weighted by Crippen LogP contribution is 2.38. The molecule has 0 spiro atoms. The average molecular weight is 684 g/mol. The highest BCUT2D eigenvalue weighted by molar-refractivity contribution is 14.1. The minimum absolute atomic E-state index is 0.0306. The van der Waals surface area contributed by atoms with Crippen LogP contribution in [0.4, 0.5) is 5.69 Å². The Labute approximate surface area is 253 Å². The lowest BCUT2D eigenvalue weighted by molar-refractivity contribution is -0.113. The van der Waals surface area contributed by atoms with Crippen molar-refractivity contribution in [2.75, 3.05) is 26.6 Å². The zero-order valence-electron chi connectivity index (χ0n) is 22.6. The molecule has 3 aromatic carbocycles. The third-order valence-corrected chi connectivity index (χ3v) is 8.41. The van der Waals surface area contributed by atoms with Gasteiger partial charge in [0.1, 0.15) is 17.5 Å². The van der Waals surface area contributed by atoms with Crippen molar-refractivity contribution in [2.45, 2.75) is 13.0 Å². The fourth-order valence-corrected chi connectivity index (χ4v) is 6.33. The summed E-state index contributed by atoms with van der Waals surface area (Å²) in [5.41, 5.74) is 2.37. The van der Waals surface area contributed by atoms with Crippen molar-refractivity contribution >= 4 is 51.6 Å². The van der Waals surface area contributed by atoms with E-state index in [0.29, 0.717) is 58.2 Å². The summed E-state index contributed by atoms with van der Waals surface area (Å²) in [5, 5.41) is 13.2. The molecule has 0 saturated carbocycles. The van der Waals surface area contributed by atoms with Gasteiger partial charge in [0, 0.05) is 17.3 Å². The number of halogens is 1. The number of hydrogen-bond donors (Lipinski definition) is 2. The molecule has 0 aliphatic carbocycles. The number of anilines is 1. The Morgan fingerprint density at radius 1 is 1.05 bits per heavy atom. The molecule has 210 valence electrons. The summed E-state index contributed by atoms with van der Waals surface area (Å²) < 4.78 is 18.9. The van der Waals surface area contributed by atoms with Crippen molar-refractivity contribution in [3.05, 3.63) is 106 Å². The quantitative estimate of drug-likeness (QED) is 0.283. The van der Waals surface area contributed by atoms with E-state index in [1.165, 1.54) is 30.1 Å². The Bertz CT molecular complexity index is 1860. The molecule has 4 aromatic rings. The van der Waals surface area contributed by atoms with Crippen molar-refractivity contribution in [3.8, 4) is 23.0 Å². The molecule has 1 amide bonds. The highest BCUT2D eigenvalue weighted by atomic mass is 127. The monoisotopic (exact) mass is 683 g/mol. The van der Waals surface area contributed by atoms with E-state index in [2.05, 4.69) is 5.32 Å². The first-order valence-electron chi connectivity index (χ1n) is 12.4. The topological polar surface area (TPSA) is 111 Å². The molecule has 2 heterocycles. The predicted molar refractivity (Wildman–Crippen MR) is 166 cm³/mol. The fraction of sp³-hybridized carbons (Fsp3) is 0.167. The largest absolute Gasteiger partial charge is 0.504 e. The number of fused-ring (bicyclic) bond motifs is 1. The summed E-state index contributed by atoms with van der Waals surface area (Å²) >= 11 is 3.22. The van der Waals surface area contributed by atoms with Gasteiger partial charge in [-0.15, -0.1) is 0 Å². The maximum atomic E-state index is 14.0. The molecule has 0 saturated heterocycles. The van der Waals surface area contributed by atoms with Gasteiger partial charge in [0.25, 0.3) is 11.5 Å². The van der Waals surface area contributed by atoms with E-state index in [4.69, 9.17) is 19.2 Å². The van der Waals surface area contributed by atoms with Gasteiger partial charge in [-0.2, -0.15) is 0 Å². The first kappa shape index (κ1) is 28.4. The van der Waals surface area contributed by atoms with Gasteiger partial charge in [0.05, 0.1) is 40.7 Å². The third kappa shape index (κ3) is 5.46. The van der Waals surface area contributed by atoms with Crippen molar-refractivity contribution in [3.63, 3.8) is 0 Å². The number of nitrogens with zero attached hydrogens (tertiary/aromatic N) is 2. The van der Waals surface area contributed by atoms with Gasteiger partial charge in [-0.3, -0.25) is 14.2 Å². The third-order valence-electron chi connectivity index (χ3n) is 6.60. The summed E-state index contributed by atoms with van der Waals surface area (Å²) in [6.07, 6.45) is 1.72. The Morgan fingerprint density at radius 3 is 2.46 bits per heavy atom. The lowest BCUT2D eigenvalue weighted by Crippen LogP contribution is -2.40. The number of amides is 1. The van der Waals surface area contributed by atoms with Gasteiger partial charge in [-0.05, 0) is 77.6 Å². The number of ether oxygens (including phenoxy) is 3. The second-order valence-electron chi connectivity index (χ2n) is 9.06. The van der Waals surface area contributed by atoms with Crippen molar-refractivity contribution in [2.24, 2.45) is 4.99 Å². The molecular weight excluding hydrogens is 657 g/mol. The van der Waals surface area contributed by atoms with Crippen LogP contribution in [0.25, 0.3) is 6.08 Å². The van der Waals surface area contributed by atoms with Crippen LogP contribution in [-0.2, 0) is 4.79 Å². The van der Waals surface area contributed by atoms with Gasteiger partial charge in [-0.1, -0.05) is 29.5 Å². The molecule has 1 aliphatic rings. The highest BCUT2D eigenvalue weighted by Gasteiger charge is 2.34. The maximum absolute atomic E-state index is 14.0. The van der Waals surface area contributed by atoms with Gasteiger partial charge >= 0.3 is 0 Å². The van der Waals surface area contributed by atoms with Crippen LogP contribution in [0.1, 0.15) is 24.1 Å². The van der Waals surface area contributed by atoms with Crippen LogP contribution in [0.15, 0.2) is 81.7 Å². The standard InChI is InChI=1S/C30H26IN3O6S/c1-16-25(28(36)33-18-8-6-5-7-9-18)26(20-11-10-19(38-2)15-22(20)39-3)34-29(37)24(41-30(34)32-16)14-17-12-21(31)27(35)23(13-17)40-4/h5-15,26,35H,1-4H3,(H,33,36)/b24-14-/t26-/m0/s1. The molecule has 9 nitrogen and oxygen atoms in total. The van der Waals surface area contributed by atoms with Crippen LogP contribution in [0.5, 0.6) is 23.0 Å². The number of aromatic nitrogens is 1. The average Bonchev–Trinajstić information content (AvgIpc) is 3.27. The number of carbonyl (C=O) groups is 1. The Balaban J connectivity index is 1.73. The van der Waals surface area contributed by atoms with E-state index >= 15 is 0 Å². The van der Waals surface area contributed by atoms with Crippen LogP contribution < -0.4 is 34.4 Å². The second-order valence-corrected chi connectivity index (χ2v) is 11.2. The minimum Gasteiger partial charge on any atom is -0.504 e. The summed E-state index contributed by atoms with van der Waals surface area (Å²) in [6, 6.07) is 17.0. The van der Waals surface area contributed by atoms with Gasteiger partial charge in [0.2, 0.25) is 0 Å². The molecular formula is C30H26IN3O6S. The Kier molecular flexibility index (Phi) is 8.18. The van der Waals surface area contributed by atoms with Crippen molar-refractivity contribution in [1.82, 2.24) is 4.57 Å². The van der Waals surface area contributed by atoms with Crippen LogP contribution >= 0.6 is 33.9 Å². The molecule has 1 aromatic heterocycles. The Hall–Kier alpha value is -4.10. The van der Waals surface area contributed by atoms with E-state index < -0.39 is 6.04 Å². The van der Waals surface area contributed by atoms with E-state index in [1.54, 1.807) is 62.6 Å². The molecule has 41 heavy (non-hydrogen) atoms.